The van der Waals surface area contributed by atoms with Crippen LogP contribution in [0.4, 0.5) is 4.39 Å². The standard InChI is InChI=1S/C20H29FN4O2.HI/c1-22-20(25-8-6-15(13-25)14-27-10-9-26-2)23-7-5-16-12-24-19-4-3-17(21)11-18(16)19;/h3-4,11-12,15,24H,5-10,13-14H2,1-2H3,(H,22,23);1H. The highest BCUT2D eigenvalue weighted by Gasteiger charge is 2.24. The molecule has 1 saturated heterocycles. The van der Waals surface area contributed by atoms with Gasteiger partial charge in [-0.05, 0) is 36.6 Å². The predicted molar refractivity (Wildman–Crippen MR) is 121 cm³/mol. The Morgan fingerprint density at radius 2 is 2.25 bits per heavy atom. The fraction of sp³-hybridized carbons (Fsp3) is 0.550. The average Bonchev–Trinajstić information content (AvgIpc) is 3.29. The van der Waals surface area contributed by atoms with Gasteiger partial charge in [-0.2, -0.15) is 0 Å². The summed E-state index contributed by atoms with van der Waals surface area (Å²) in [5.41, 5.74) is 2.07. The molecule has 0 spiro atoms. The number of methoxy groups -OCH3 is 1. The van der Waals surface area contributed by atoms with Crippen molar-refractivity contribution in [2.45, 2.75) is 12.8 Å². The van der Waals surface area contributed by atoms with Gasteiger partial charge in [-0.3, -0.25) is 4.99 Å². The number of nitrogens with zero attached hydrogens (tertiary/aromatic N) is 2. The Labute approximate surface area is 182 Å². The second-order valence-electron chi connectivity index (χ2n) is 6.90. The van der Waals surface area contributed by atoms with E-state index in [-0.39, 0.29) is 29.8 Å². The molecule has 1 aliphatic rings. The van der Waals surface area contributed by atoms with Crippen molar-refractivity contribution in [3.8, 4) is 0 Å². The van der Waals surface area contributed by atoms with E-state index in [1.807, 2.05) is 13.2 Å². The number of aromatic amines is 1. The summed E-state index contributed by atoms with van der Waals surface area (Å²) in [4.78, 5) is 9.89. The molecule has 2 heterocycles. The number of fused-ring (bicyclic) bond motifs is 1. The second kappa shape index (κ2) is 11.6. The Balaban J connectivity index is 0.00000280. The number of aliphatic imine (C=N–C) groups is 1. The van der Waals surface area contributed by atoms with Crippen molar-refractivity contribution < 1.29 is 13.9 Å². The van der Waals surface area contributed by atoms with Crippen molar-refractivity contribution in [2.75, 3.05) is 53.6 Å². The zero-order chi connectivity index (χ0) is 19.1. The molecule has 8 heteroatoms. The minimum Gasteiger partial charge on any atom is -0.382 e. The van der Waals surface area contributed by atoms with E-state index in [2.05, 4.69) is 20.2 Å². The molecule has 2 N–H and O–H groups in total. The van der Waals surface area contributed by atoms with Crippen molar-refractivity contribution >= 4 is 40.8 Å². The molecule has 1 aromatic carbocycles. The first-order chi connectivity index (χ1) is 13.2. The van der Waals surface area contributed by atoms with Gasteiger partial charge in [-0.15, -0.1) is 24.0 Å². The van der Waals surface area contributed by atoms with Crippen molar-refractivity contribution in [2.24, 2.45) is 10.9 Å². The lowest BCUT2D eigenvalue weighted by molar-refractivity contribution is 0.0536. The number of H-pyrrole nitrogens is 1. The molecule has 1 unspecified atom stereocenters. The SMILES string of the molecule is CN=C(NCCc1c[nH]c2ccc(F)cc12)N1CCC(COCCOC)C1.I. The predicted octanol–water partition coefficient (Wildman–Crippen LogP) is 3.03. The van der Waals surface area contributed by atoms with Crippen molar-refractivity contribution in [1.29, 1.82) is 0 Å². The molecule has 1 fully saturated rings. The molecular formula is C20H30FIN4O2. The fourth-order valence-electron chi connectivity index (χ4n) is 3.55. The van der Waals surface area contributed by atoms with Crippen LogP contribution in [0.15, 0.2) is 29.4 Å². The summed E-state index contributed by atoms with van der Waals surface area (Å²) >= 11 is 0. The van der Waals surface area contributed by atoms with E-state index in [0.717, 1.165) is 61.5 Å². The van der Waals surface area contributed by atoms with Gasteiger partial charge in [-0.1, -0.05) is 0 Å². The van der Waals surface area contributed by atoms with Gasteiger partial charge in [0, 0.05) is 56.8 Å². The highest BCUT2D eigenvalue weighted by Crippen LogP contribution is 2.20. The lowest BCUT2D eigenvalue weighted by atomic mass is 10.1. The number of halogens is 2. The van der Waals surface area contributed by atoms with E-state index in [1.54, 1.807) is 19.2 Å². The monoisotopic (exact) mass is 504 g/mol. The second-order valence-corrected chi connectivity index (χ2v) is 6.90. The van der Waals surface area contributed by atoms with Gasteiger partial charge < -0.3 is 24.7 Å². The van der Waals surface area contributed by atoms with Crippen LogP contribution in [0.2, 0.25) is 0 Å². The normalized spacial score (nSPS) is 17.2. The molecule has 0 radical (unpaired) electrons. The molecule has 1 aliphatic heterocycles. The average molecular weight is 504 g/mol. The number of nitrogens with one attached hydrogen (secondary N) is 2. The minimum absolute atomic E-state index is 0. The molecule has 156 valence electrons. The number of ether oxygens (including phenoxy) is 2. The number of guanidine groups is 1. The van der Waals surface area contributed by atoms with Crippen LogP contribution in [0.25, 0.3) is 10.9 Å². The maximum Gasteiger partial charge on any atom is 0.193 e. The lowest BCUT2D eigenvalue weighted by Crippen LogP contribution is -2.41. The number of hydrogen-bond acceptors (Lipinski definition) is 3. The van der Waals surface area contributed by atoms with Gasteiger partial charge in [0.2, 0.25) is 0 Å². The summed E-state index contributed by atoms with van der Waals surface area (Å²) in [6, 6.07) is 4.84. The van der Waals surface area contributed by atoms with E-state index in [4.69, 9.17) is 9.47 Å². The highest BCUT2D eigenvalue weighted by molar-refractivity contribution is 14.0. The minimum atomic E-state index is -0.206. The van der Waals surface area contributed by atoms with Gasteiger partial charge >= 0.3 is 0 Å². The Morgan fingerprint density at radius 3 is 3.04 bits per heavy atom. The first-order valence-electron chi connectivity index (χ1n) is 9.49. The zero-order valence-electron chi connectivity index (χ0n) is 16.5. The first-order valence-corrected chi connectivity index (χ1v) is 9.49. The maximum atomic E-state index is 13.5. The Hall–Kier alpha value is -1.39. The molecule has 0 aliphatic carbocycles. The summed E-state index contributed by atoms with van der Waals surface area (Å²) in [5, 5.41) is 4.38. The summed E-state index contributed by atoms with van der Waals surface area (Å²) in [6.07, 6.45) is 3.87. The summed E-state index contributed by atoms with van der Waals surface area (Å²) in [6.45, 7) is 4.73. The van der Waals surface area contributed by atoms with Crippen LogP contribution in [-0.2, 0) is 15.9 Å². The summed E-state index contributed by atoms with van der Waals surface area (Å²) in [5.74, 6) is 1.24. The molecule has 1 atom stereocenters. The largest absolute Gasteiger partial charge is 0.382 e. The van der Waals surface area contributed by atoms with Crippen LogP contribution in [-0.4, -0.2) is 69.5 Å². The molecule has 6 nitrogen and oxygen atoms in total. The first kappa shape index (κ1) is 22.9. The van der Waals surface area contributed by atoms with Gasteiger partial charge in [0.15, 0.2) is 5.96 Å². The topological polar surface area (TPSA) is 61.9 Å². The van der Waals surface area contributed by atoms with Gasteiger partial charge in [0.1, 0.15) is 5.82 Å². The van der Waals surface area contributed by atoms with Crippen LogP contribution in [0.3, 0.4) is 0 Å². The molecule has 2 aromatic rings. The van der Waals surface area contributed by atoms with E-state index in [1.165, 1.54) is 6.07 Å². The molecule has 3 rings (SSSR count). The third-order valence-electron chi connectivity index (χ3n) is 4.99. The number of aromatic nitrogens is 1. The summed E-state index contributed by atoms with van der Waals surface area (Å²) < 4.78 is 24.2. The third-order valence-corrected chi connectivity index (χ3v) is 4.99. The maximum absolute atomic E-state index is 13.5. The number of rotatable bonds is 8. The van der Waals surface area contributed by atoms with Crippen LogP contribution in [0.1, 0.15) is 12.0 Å². The number of benzene rings is 1. The van der Waals surface area contributed by atoms with Crippen molar-refractivity contribution in [3.05, 3.63) is 35.8 Å². The van der Waals surface area contributed by atoms with Crippen LogP contribution >= 0.6 is 24.0 Å². The summed E-state index contributed by atoms with van der Waals surface area (Å²) in [7, 11) is 3.49. The van der Waals surface area contributed by atoms with E-state index < -0.39 is 0 Å². The fourth-order valence-corrected chi connectivity index (χ4v) is 3.55. The molecular weight excluding hydrogens is 474 g/mol. The van der Waals surface area contributed by atoms with Gasteiger partial charge in [0.25, 0.3) is 0 Å². The Kier molecular flexibility index (Phi) is 9.46. The smallest absolute Gasteiger partial charge is 0.193 e. The number of likely N-dealkylation sites (tertiary alicyclic amines) is 1. The van der Waals surface area contributed by atoms with Crippen LogP contribution in [0, 0.1) is 11.7 Å². The Morgan fingerprint density at radius 1 is 1.39 bits per heavy atom. The third kappa shape index (κ3) is 6.05. The van der Waals surface area contributed by atoms with Crippen molar-refractivity contribution in [1.82, 2.24) is 15.2 Å². The van der Waals surface area contributed by atoms with Gasteiger partial charge in [-0.25, -0.2) is 4.39 Å². The Bertz CT molecular complexity index is 768. The van der Waals surface area contributed by atoms with Crippen molar-refractivity contribution in [3.63, 3.8) is 0 Å². The van der Waals surface area contributed by atoms with E-state index in [9.17, 15) is 4.39 Å². The van der Waals surface area contributed by atoms with Gasteiger partial charge in [0.05, 0.1) is 19.8 Å². The van der Waals surface area contributed by atoms with Crippen LogP contribution in [0.5, 0.6) is 0 Å². The quantitative estimate of drug-likeness (QED) is 0.251. The molecule has 0 bridgehead atoms. The molecule has 0 saturated carbocycles. The molecule has 28 heavy (non-hydrogen) atoms. The lowest BCUT2D eigenvalue weighted by Gasteiger charge is -2.21. The molecule has 1 aromatic heterocycles. The highest BCUT2D eigenvalue weighted by atomic mass is 127. The van der Waals surface area contributed by atoms with E-state index in [0.29, 0.717) is 19.1 Å². The number of hydrogen-bond donors (Lipinski definition) is 2. The zero-order valence-corrected chi connectivity index (χ0v) is 18.9. The molecule has 0 amide bonds. The van der Waals surface area contributed by atoms with Crippen LogP contribution < -0.4 is 5.32 Å². The van der Waals surface area contributed by atoms with E-state index >= 15 is 0 Å².